The fraction of sp³-hybridized carbons (Fsp3) is 0.500. The van der Waals surface area contributed by atoms with Gasteiger partial charge in [0.25, 0.3) is 0 Å². The van der Waals surface area contributed by atoms with Crippen LogP contribution in [0.4, 0.5) is 5.69 Å². The molecule has 3 nitrogen and oxygen atoms in total. The highest BCUT2D eigenvalue weighted by atomic mass is 32.2. The Morgan fingerprint density at radius 2 is 2.06 bits per heavy atom. The maximum Gasteiger partial charge on any atom is 0.123 e. The van der Waals surface area contributed by atoms with Crippen LogP contribution in [0.2, 0.25) is 0 Å². The zero-order valence-corrected chi connectivity index (χ0v) is 10.7. The molecule has 1 heterocycles. The normalized spacial score (nSPS) is 22.9. The van der Waals surface area contributed by atoms with E-state index in [9.17, 15) is 0 Å². The van der Waals surface area contributed by atoms with Crippen molar-refractivity contribution in [1.29, 1.82) is 0 Å². The number of anilines is 1. The molecule has 1 atom stereocenters. The summed E-state index contributed by atoms with van der Waals surface area (Å²) < 4.78 is 13.0. The van der Waals surface area contributed by atoms with Crippen LogP contribution in [0.3, 0.4) is 0 Å². The third-order valence-electron chi connectivity index (χ3n) is 2.66. The lowest BCUT2D eigenvalue weighted by molar-refractivity contribution is 0.202. The van der Waals surface area contributed by atoms with Gasteiger partial charge in [0.15, 0.2) is 0 Å². The number of epoxide rings is 1. The van der Waals surface area contributed by atoms with Crippen molar-refractivity contribution in [2.24, 2.45) is 0 Å². The summed E-state index contributed by atoms with van der Waals surface area (Å²) in [6, 6.07) is 8.10. The summed E-state index contributed by atoms with van der Waals surface area (Å²) in [5.41, 5.74) is 1.13. The second-order valence-corrected chi connectivity index (χ2v) is 5.11. The summed E-state index contributed by atoms with van der Waals surface area (Å²) in [6.07, 6.45) is 2.05. The molecule has 1 saturated heterocycles. The molecular weight excluding hydrogens is 222 g/mol. The van der Waals surface area contributed by atoms with Gasteiger partial charge in [0.05, 0.1) is 6.61 Å². The Morgan fingerprint density at radius 1 is 1.44 bits per heavy atom. The van der Waals surface area contributed by atoms with Gasteiger partial charge >= 0.3 is 0 Å². The van der Waals surface area contributed by atoms with Crippen molar-refractivity contribution < 1.29 is 9.47 Å². The first-order valence-electron chi connectivity index (χ1n) is 5.28. The molecule has 0 amide bonds. The Labute approximate surface area is 101 Å². The van der Waals surface area contributed by atoms with E-state index >= 15 is 0 Å². The van der Waals surface area contributed by atoms with Crippen LogP contribution in [0.5, 0.6) is 5.75 Å². The molecule has 0 bridgehead atoms. The zero-order valence-electron chi connectivity index (χ0n) is 9.90. The van der Waals surface area contributed by atoms with Gasteiger partial charge in [-0.1, -0.05) is 11.9 Å². The highest BCUT2D eigenvalue weighted by molar-refractivity contribution is 7.99. The van der Waals surface area contributed by atoms with Crippen molar-refractivity contribution in [2.75, 3.05) is 30.8 Å². The van der Waals surface area contributed by atoms with E-state index in [-0.39, 0.29) is 5.60 Å². The van der Waals surface area contributed by atoms with E-state index in [1.165, 1.54) is 5.69 Å². The number of nitrogens with zero attached hydrogens (tertiary/aromatic N) is 1. The van der Waals surface area contributed by atoms with Gasteiger partial charge in [-0.25, -0.2) is 0 Å². The minimum Gasteiger partial charge on any atom is -0.491 e. The quantitative estimate of drug-likeness (QED) is 0.582. The predicted molar refractivity (Wildman–Crippen MR) is 68.2 cm³/mol. The van der Waals surface area contributed by atoms with E-state index in [2.05, 4.69) is 29.6 Å². The number of benzene rings is 1. The van der Waals surface area contributed by atoms with Crippen LogP contribution < -0.4 is 9.04 Å². The van der Waals surface area contributed by atoms with Gasteiger partial charge in [0.2, 0.25) is 0 Å². The molecule has 4 heteroatoms. The van der Waals surface area contributed by atoms with Crippen LogP contribution >= 0.6 is 11.9 Å². The van der Waals surface area contributed by atoms with E-state index in [1.54, 1.807) is 11.9 Å². The largest absolute Gasteiger partial charge is 0.491 e. The summed E-state index contributed by atoms with van der Waals surface area (Å²) in [5, 5.41) is 0. The molecule has 1 aromatic carbocycles. The number of hydrogen-bond acceptors (Lipinski definition) is 4. The summed E-state index contributed by atoms with van der Waals surface area (Å²) in [5.74, 6) is 0.898. The first-order valence-corrected chi connectivity index (χ1v) is 6.46. The first kappa shape index (κ1) is 11.6. The van der Waals surface area contributed by atoms with Gasteiger partial charge in [-0.3, -0.25) is 0 Å². The molecule has 0 aliphatic carbocycles. The van der Waals surface area contributed by atoms with Crippen LogP contribution in [-0.2, 0) is 4.74 Å². The molecule has 1 aliphatic rings. The van der Waals surface area contributed by atoms with E-state index < -0.39 is 0 Å². The van der Waals surface area contributed by atoms with E-state index in [0.29, 0.717) is 6.61 Å². The molecule has 0 radical (unpaired) electrons. The summed E-state index contributed by atoms with van der Waals surface area (Å²) in [6.45, 7) is 3.49. The van der Waals surface area contributed by atoms with Crippen molar-refractivity contribution >= 4 is 17.6 Å². The van der Waals surface area contributed by atoms with Gasteiger partial charge < -0.3 is 13.8 Å². The van der Waals surface area contributed by atoms with Crippen LogP contribution in [-0.4, -0.2) is 32.1 Å². The van der Waals surface area contributed by atoms with Gasteiger partial charge in [0.1, 0.15) is 18.0 Å². The van der Waals surface area contributed by atoms with Crippen LogP contribution in [0.25, 0.3) is 0 Å². The Kier molecular flexibility index (Phi) is 3.30. The van der Waals surface area contributed by atoms with Crippen LogP contribution in [0.15, 0.2) is 24.3 Å². The zero-order chi connectivity index (χ0) is 11.6. The van der Waals surface area contributed by atoms with Crippen LogP contribution in [0.1, 0.15) is 6.92 Å². The fourth-order valence-electron chi connectivity index (χ4n) is 1.30. The number of hydrogen-bond donors (Lipinski definition) is 0. The standard InChI is InChI=1S/C12H17NO2S/c1-12(9-15-12)8-14-11-6-4-10(5-7-11)13(2)16-3/h4-7H,8-9H2,1-3H3. The highest BCUT2D eigenvalue weighted by Crippen LogP contribution is 2.28. The summed E-state index contributed by atoms with van der Waals surface area (Å²) in [4.78, 5) is 0. The van der Waals surface area contributed by atoms with Crippen molar-refractivity contribution in [1.82, 2.24) is 0 Å². The average Bonchev–Trinajstić information content (AvgIpc) is 3.05. The average molecular weight is 239 g/mol. The van der Waals surface area contributed by atoms with Gasteiger partial charge in [-0.2, -0.15) is 0 Å². The molecule has 1 unspecified atom stereocenters. The van der Waals surface area contributed by atoms with Crippen LogP contribution in [0, 0.1) is 0 Å². The SMILES string of the molecule is CSN(C)c1ccc(OCC2(C)CO2)cc1. The third kappa shape index (κ3) is 2.83. The van der Waals surface area contributed by atoms with Crippen molar-refractivity contribution in [3.05, 3.63) is 24.3 Å². The molecule has 88 valence electrons. The van der Waals surface area contributed by atoms with E-state index in [1.807, 2.05) is 19.2 Å². The minimum absolute atomic E-state index is 0.0469. The Bertz CT molecular complexity index is 349. The molecule has 1 aromatic rings. The first-order chi connectivity index (χ1) is 7.63. The third-order valence-corrected chi connectivity index (χ3v) is 3.41. The van der Waals surface area contributed by atoms with Crippen molar-refractivity contribution in [3.63, 3.8) is 0 Å². The molecule has 0 saturated carbocycles. The second-order valence-electron chi connectivity index (χ2n) is 4.20. The van der Waals surface area contributed by atoms with E-state index in [0.717, 1.165) is 12.4 Å². The van der Waals surface area contributed by atoms with Gasteiger partial charge in [-0.05, 0) is 31.2 Å². The fourth-order valence-corrected chi connectivity index (χ4v) is 1.63. The van der Waals surface area contributed by atoms with E-state index in [4.69, 9.17) is 9.47 Å². The molecular formula is C12H17NO2S. The molecule has 16 heavy (non-hydrogen) atoms. The summed E-state index contributed by atoms with van der Waals surface area (Å²) >= 11 is 1.68. The Hall–Kier alpha value is -0.870. The molecule has 1 aliphatic heterocycles. The monoisotopic (exact) mass is 239 g/mol. The lowest BCUT2D eigenvalue weighted by Crippen LogP contribution is -2.16. The molecule has 2 rings (SSSR count). The maximum absolute atomic E-state index is 5.65. The van der Waals surface area contributed by atoms with Crippen molar-refractivity contribution in [2.45, 2.75) is 12.5 Å². The topological polar surface area (TPSA) is 25.0 Å². The van der Waals surface area contributed by atoms with Gasteiger partial charge in [-0.15, -0.1) is 0 Å². The lowest BCUT2D eigenvalue weighted by Gasteiger charge is -2.15. The molecule has 0 N–H and O–H groups in total. The second kappa shape index (κ2) is 4.55. The number of rotatable bonds is 5. The predicted octanol–water partition coefficient (Wildman–Crippen LogP) is 2.57. The van der Waals surface area contributed by atoms with Gasteiger partial charge in [0, 0.05) is 19.0 Å². The Balaban J connectivity index is 1.91. The lowest BCUT2D eigenvalue weighted by atomic mass is 10.2. The highest BCUT2D eigenvalue weighted by Gasteiger charge is 2.40. The maximum atomic E-state index is 5.65. The smallest absolute Gasteiger partial charge is 0.123 e. The minimum atomic E-state index is -0.0469. The molecule has 0 spiro atoms. The molecule has 0 aromatic heterocycles. The number of ether oxygens (including phenoxy) is 2. The molecule has 1 fully saturated rings. The van der Waals surface area contributed by atoms with Crippen molar-refractivity contribution in [3.8, 4) is 5.75 Å². The Morgan fingerprint density at radius 3 is 2.56 bits per heavy atom. The summed E-state index contributed by atoms with van der Waals surface area (Å²) in [7, 11) is 2.04.